The van der Waals surface area contributed by atoms with Crippen molar-refractivity contribution in [2.24, 2.45) is 9.98 Å². The molecule has 0 aliphatic heterocycles. The van der Waals surface area contributed by atoms with Gasteiger partial charge in [-0.1, -0.05) is 88.4 Å². The number of aliphatic imine (C=N–C) groups is 2. The third kappa shape index (κ3) is 3.67. The van der Waals surface area contributed by atoms with Gasteiger partial charge in [-0.2, -0.15) is 0 Å². The van der Waals surface area contributed by atoms with Crippen LogP contribution in [0.5, 0.6) is 0 Å². The Labute approximate surface area is 190 Å². The average molecular weight is 417 g/mol. The molecule has 0 unspecified atom stereocenters. The standard InChI is InChI=1S/C30H28N2/c1-19(2)21-11-15-24(16-12-21)31-29-26-9-5-7-23-8-6-10-27(28(23)26)30(29)32-25-17-13-22(14-18-25)20(3)4/h5-20H,1-4H3. The van der Waals surface area contributed by atoms with Crippen LogP contribution in [0, 0.1) is 0 Å². The summed E-state index contributed by atoms with van der Waals surface area (Å²) in [6, 6.07) is 30.0. The van der Waals surface area contributed by atoms with Gasteiger partial charge in [-0.3, -0.25) is 0 Å². The van der Waals surface area contributed by atoms with E-state index in [-0.39, 0.29) is 0 Å². The minimum Gasteiger partial charge on any atom is -0.246 e. The van der Waals surface area contributed by atoms with Crippen molar-refractivity contribution in [2.75, 3.05) is 0 Å². The predicted octanol–water partition coefficient (Wildman–Crippen LogP) is 8.34. The van der Waals surface area contributed by atoms with Crippen LogP contribution in [0.2, 0.25) is 0 Å². The Hall–Kier alpha value is -3.52. The SMILES string of the molecule is CC(C)c1ccc(N=C2C(=Nc3ccc(C(C)C)cc3)c3cccc4cccc2c34)cc1. The number of hydrogen-bond acceptors (Lipinski definition) is 2. The highest BCUT2D eigenvalue weighted by molar-refractivity contribution is 6.61. The molecule has 0 heterocycles. The lowest BCUT2D eigenvalue weighted by Crippen LogP contribution is -2.10. The fourth-order valence-corrected chi connectivity index (χ4v) is 4.34. The molecule has 0 spiro atoms. The molecule has 0 saturated carbocycles. The summed E-state index contributed by atoms with van der Waals surface area (Å²) >= 11 is 0. The third-order valence-corrected chi connectivity index (χ3v) is 6.24. The van der Waals surface area contributed by atoms with Crippen LogP contribution in [0.4, 0.5) is 11.4 Å². The van der Waals surface area contributed by atoms with Crippen LogP contribution in [0.15, 0.2) is 94.9 Å². The fourth-order valence-electron chi connectivity index (χ4n) is 4.34. The van der Waals surface area contributed by atoms with E-state index < -0.39 is 0 Å². The van der Waals surface area contributed by atoms with Crippen molar-refractivity contribution in [1.29, 1.82) is 0 Å². The molecule has 1 aliphatic carbocycles. The van der Waals surface area contributed by atoms with E-state index in [0.717, 1.165) is 33.9 Å². The van der Waals surface area contributed by atoms with Crippen molar-refractivity contribution in [3.8, 4) is 0 Å². The van der Waals surface area contributed by atoms with Gasteiger partial charge >= 0.3 is 0 Å². The number of hydrogen-bond donors (Lipinski definition) is 0. The largest absolute Gasteiger partial charge is 0.246 e. The first kappa shape index (κ1) is 20.4. The maximum Gasteiger partial charge on any atom is 0.0978 e. The van der Waals surface area contributed by atoms with E-state index in [1.54, 1.807) is 0 Å². The highest BCUT2D eigenvalue weighted by atomic mass is 14.8. The Balaban J connectivity index is 1.67. The summed E-state index contributed by atoms with van der Waals surface area (Å²) in [5.41, 5.74) is 8.76. The minimum absolute atomic E-state index is 0.507. The Kier molecular flexibility index (Phi) is 5.22. The molecule has 158 valence electrons. The van der Waals surface area contributed by atoms with E-state index in [9.17, 15) is 0 Å². The molecule has 0 bridgehead atoms. The van der Waals surface area contributed by atoms with Crippen LogP contribution in [-0.2, 0) is 0 Å². The molecule has 0 amide bonds. The highest BCUT2D eigenvalue weighted by Gasteiger charge is 2.27. The second-order valence-electron chi connectivity index (χ2n) is 9.12. The smallest absolute Gasteiger partial charge is 0.0978 e. The lowest BCUT2D eigenvalue weighted by Gasteiger charge is -2.08. The van der Waals surface area contributed by atoms with Gasteiger partial charge in [0.1, 0.15) is 0 Å². The maximum atomic E-state index is 5.11. The quantitative estimate of drug-likeness (QED) is 0.319. The molecule has 2 heteroatoms. The molecule has 0 radical (unpaired) electrons. The van der Waals surface area contributed by atoms with E-state index in [4.69, 9.17) is 9.98 Å². The summed E-state index contributed by atoms with van der Waals surface area (Å²) in [5, 5.41) is 2.47. The molecule has 0 fully saturated rings. The minimum atomic E-state index is 0.507. The molecule has 0 saturated heterocycles. The van der Waals surface area contributed by atoms with Crippen LogP contribution >= 0.6 is 0 Å². The predicted molar refractivity (Wildman–Crippen MR) is 137 cm³/mol. The second-order valence-corrected chi connectivity index (χ2v) is 9.12. The van der Waals surface area contributed by atoms with Crippen molar-refractivity contribution in [2.45, 2.75) is 39.5 Å². The number of benzene rings is 4. The van der Waals surface area contributed by atoms with Gasteiger partial charge in [-0.05, 0) is 52.6 Å². The molecule has 4 aromatic rings. The molecule has 4 aromatic carbocycles. The van der Waals surface area contributed by atoms with Crippen molar-refractivity contribution in [3.05, 3.63) is 107 Å². The summed E-state index contributed by atoms with van der Waals surface area (Å²) in [4.78, 5) is 10.2. The number of rotatable bonds is 4. The lowest BCUT2D eigenvalue weighted by molar-refractivity contribution is 0.867. The zero-order chi connectivity index (χ0) is 22.2. The van der Waals surface area contributed by atoms with E-state index in [0.29, 0.717) is 11.8 Å². The molecule has 32 heavy (non-hydrogen) atoms. The summed E-state index contributed by atoms with van der Waals surface area (Å²) in [7, 11) is 0. The van der Waals surface area contributed by atoms with E-state index >= 15 is 0 Å². The second kappa shape index (κ2) is 8.20. The molecule has 0 N–H and O–H groups in total. The van der Waals surface area contributed by atoms with Gasteiger partial charge in [0.15, 0.2) is 0 Å². The first-order valence-corrected chi connectivity index (χ1v) is 11.4. The monoisotopic (exact) mass is 416 g/mol. The third-order valence-electron chi connectivity index (χ3n) is 6.24. The molecular weight excluding hydrogens is 388 g/mol. The normalized spacial score (nSPS) is 15.6. The van der Waals surface area contributed by atoms with Crippen LogP contribution < -0.4 is 0 Å². The zero-order valence-corrected chi connectivity index (χ0v) is 19.1. The van der Waals surface area contributed by atoms with Crippen LogP contribution in [0.25, 0.3) is 10.8 Å². The Bertz CT molecular complexity index is 1240. The Morgan fingerprint density at radius 2 is 0.906 bits per heavy atom. The van der Waals surface area contributed by atoms with Crippen LogP contribution in [0.1, 0.15) is 61.8 Å². The van der Waals surface area contributed by atoms with Gasteiger partial charge in [0, 0.05) is 16.5 Å². The van der Waals surface area contributed by atoms with Gasteiger partial charge in [0.05, 0.1) is 22.8 Å². The van der Waals surface area contributed by atoms with Crippen molar-refractivity contribution in [1.82, 2.24) is 0 Å². The summed E-state index contributed by atoms with van der Waals surface area (Å²) in [6.45, 7) is 8.85. The van der Waals surface area contributed by atoms with Crippen molar-refractivity contribution in [3.63, 3.8) is 0 Å². The molecule has 2 nitrogen and oxygen atoms in total. The first-order chi connectivity index (χ1) is 15.5. The van der Waals surface area contributed by atoms with Gasteiger partial charge in [0.2, 0.25) is 0 Å². The molecule has 1 aliphatic rings. The Morgan fingerprint density at radius 1 is 0.500 bits per heavy atom. The van der Waals surface area contributed by atoms with Gasteiger partial charge in [-0.15, -0.1) is 0 Å². The number of nitrogens with zero attached hydrogens (tertiary/aromatic N) is 2. The average Bonchev–Trinajstić information content (AvgIpc) is 3.09. The summed E-state index contributed by atoms with van der Waals surface area (Å²) in [6.07, 6.45) is 0. The maximum absolute atomic E-state index is 5.11. The van der Waals surface area contributed by atoms with Gasteiger partial charge < -0.3 is 0 Å². The zero-order valence-electron chi connectivity index (χ0n) is 19.1. The van der Waals surface area contributed by atoms with Gasteiger partial charge in [0.25, 0.3) is 0 Å². The van der Waals surface area contributed by atoms with Crippen molar-refractivity contribution >= 4 is 33.6 Å². The molecule has 0 aromatic heterocycles. The first-order valence-electron chi connectivity index (χ1n) is 11.4. The van der Waals surface area contributed by atoms with E-state index in [1.807, 2.05) is 0 Å². The highest BCUT2D eigenvalue weighted by Crippen LogP contribution is 2.34. The molecule has 5 rings (SSSR count). The fraction of sp³-hybridized carbons (Fsp3) is 0.200. The summed E-state index contributed by atoms with van der Waals surface area (Å²) < 4.78 is 0. The van der Waals surface area contributed by atoms with Crippen LogP contribution in [-0.4, -0.2) is 11.4 Å². The lowest BCUT2D eigenvalue weighted by atomic mass is 10.0. The molecular formula is C30H28N2. The van der Waals surface area contributed by atoms with Crippen LogP contribution in [0.3, 0.4) is 0 Å². The summed E-state index contributed by atoms with van der Waals surface area (Å²) in [5.74, 6) is 1.01. The van der Waals surface area contributed by atoms with Crippen molar-refractivity contribution < 1.29 is 0 Å². The van der Waals surface area contributed by atoms with E-state index in [1.165, 1.54) is 21.9 Å². The molecule has 0 atom stereocenters. The Morgan fingerprint density at radius 3 is 1.28 bits per heavy atom. The topological polar surface area (TPSA) is 24.7 Å². The van der Waals surface area contributed by atoms with E-state index in [2.05, 4.69) is 113 Å². The van der Waals surface area contributed by atoms with Gasteiger partial charge in [-0.25, -0.2) is 9.98 Å².